The van der Waals surface area contributed by atoms with Gasteiger partial charge in [0.2, 0.25) is 5.91 Å². The first-order valence-corrected chi connectivity index (χ1v) is 9.75. The Morgan fingerprint density at radius 1 is 1.17 bits per heavy atom. The molecule has 30 heavy (non-hydrogen) atoms. The molecule has 1 amide bonds. The zero-order valence-electron chi connectivity index (χ0n) is 16.0. The molecule has 0 bridgehead atoms. The Hall–Kier alpha value is -3.16. The third kappa shape index (κ3) is 3.46. The third-order valence-corrected chi connectivity index (χ3v) is 5.26. The highest BCUT2D eigenvalue weighted by molar-refractivity contribution is 6.42. The van der Waals surface area contributed by atoms with Crippen molar-refractivity contribution in [1.82, 2.24) is 9.97 Å². The van der Waals surface area contributed by atoms with Gasteiger partial charge in [0, 0.05) is 17.4 Å². The summed E-state index contributed by atoms with van der Waals surface area (Å²) in [6.45, 7) is 1.70. The number of nitrogens with zero attached hydrogens (tertiary/aromatic N) is 2. The van der Waals surface area contributed by atoms with Crippen LogP contribution >= 0.6 is 23.2 Å². The zero-order valence-corrected chi connectivity index (χ0v) is 17.5. The van der Waals surface area contributed by atoms with Gasteiger partial charge in [-0.05, 0) is 30.3 Å². The van der Waals surface area contributed by atoms with Gasteiger partial charge >= 0.3 is 5.63 Å². The molecule has 2 heterocycles. The van der Waals surface area contributed by atoms with Crippen LogP contribution in [0, 0.1) is 0 Å². The molecule has 4 aromatic rings. The lowest BCUT2D eigenvalue weighted by Gasteiger charge is -2.12. The van der Waals surface area contributed by atoms with Gasteiger partial charge in [0.05, 0.1) is 22.7 Å². The summed E-state index contributed by atoms with van der Waals surface area (Å²) in [7, 11) is 1.48. The molecule has 0 aliphatic carbocycles. The molecule has 1 N–H and O–H groups in total. The molecule has 0 spiro atoms. The van der Waals surface area contributed by atoms with E-state index in [-0.39, 0.29) is 34.9 Å². The van der Waals surface area contributed by atoms with Crippen molar-refractivity contribution in [1.29, 1.82) is 0 Å². The first-order chi connectivity index (χ1) is 14.4. The molecular weight excluding hydrogens is 429 g/mol. The van der Waals surface area contributed by atoms with Crippen molar-refractivity contribution >= 4 is 56.8 Å². The number of halogens is 2. The number of carbonyl (C=O) groups is 1. The van der Waals surface area contributed by atoms with Crippen molar-refractivity contribution in [3.63, 3.8) is 0 Å². The van der Waals surface area contributed by atoms with Crippen LogP contribution in [0.1, 0.15) is 13.3 Å². The van der Waals surface area contributed by atoms with Gasteiger partial charge in [-0.25, -0.2) is 14.8 Å². The standard InChI is InChI=1S/C21H15Cl2N3O4/c1-3-15(27)24-20-16-17(11-5-4-6-14(29-2)18(11)30-21(16)28)25-19(26-20)10-7-8-12(22)13(23)9-10/h4-9H,3H2,1-2H3,(H,24,25,26,27). The van der Waals surface area contributed by atoms with Gasteiger partial charge in [-0.1, -0.05) is 36.2 Å². The van der Waals surface area contributed by atoms with Gasteiger partial charge in [-0.2, -0.15) is 0 Å². The van der Waals surface area contributed by atoms with Gasteiger partial charge in [0.15, 0.2) is 23.0 Å². The summed E-state index contributed by atoms with van der Waals surface area (Å²) in [6.07, 6.45) is 0.209. The summed E-state index contributed by atoms with van der Waals surface area (Å²) in [5.41, 5.74) is 0.461. The van der Waals surface area contributed by atoms with E-state index in [0.29, 0.717) is 32.3 Å². The fourth-order valence-electron chi connectivity index (χ4n) is 3.04. The van der Waals surface area contributed by atoms with Crippen LogP contribution in [-0.4, -0.2) is 23.0 Å². The maximum atomic E-state index is 12.8. The van der Waals surface area contributed by atoms with E-state index in [1.807, 2.05) is 0 Å². The first-order valence-electron chi connectivity index (χ1n) is 8.99. The predicted molar refractivity (Wildman–Crippen MR) is 117 cm³/mol. The summed E-state index contributed by atoms with van der Waals surface area (Å²) in [5.74, 6) is 0.411. The van der Waals surface area contributed by atoms with Crippen LogP contribution in [0.15, 0.2) is 45.6 Å². The van der Waals surface area contributed by atoms with Crippen LogP contribution in [0.4, 0.5) is 5.82 Å². The lowest BCUT2D eigenvalue weighted by atomic mass is 10.1. The van der Waals surface area contributed by atoms with Crippen molar-refractivity contribution < 1.29 is 13.9 Å². The number of para-hydroxylation sites is 1. The molecule has 9 heteroatoms. The highest BCUT2D eigenvalue weighted by atomic mass is 35.5. The van der Waals surface area contributed by atoms with E-state index in [9.17, 15) is 9.59 Å². The van der Waals surface area contributed by atoms with E-state index in [1.165, 1.54) is 7.11 Å². The van der Waals surface area contributed by atoms with Crippen molar-refractivity contribution in [2.75, 3.05) is 12.4 Å². The molecule has 2 aromatic heterocycles. The van der Waals surface area contributed by atoms with Crippen LogP contribution in [-0.2, 0) is 4.79 Å². The fraction of sp³-hybridized carbons (Fsp3) is 0.143. The number of hydrogen-bond donors (Lipinski definition) is 1. The Morgan fingerprint density at radius 3 is 2.67 bits per heavy atom. The minimum Gasteiger partial charge on any atom is -0.493 e. The second-order valence-corrected chi connectivity index (χ2v) is 7.19. The lowest BCUT2D eigenvalue weighted by Crippen LogP contribution is -2.15. The van der Waals surface area contributed by atoms with Crippen molar-refractivity contribution in [3.05, 3.63) is 56.9 Å². The molecule has 0 unspecified atom stereocenters. The maximum absolute atomic E-state index is 12.8. The van der Waals surface area contributed by atoms with E-state index in [0.717, 1.165) is 0 Å². The van der Waals surface area contributed by atoms with Crippen LogP contribution in [0.2, 0.25) is 10.0 Å². The second kappa shape index (κ2) is 7.93. The Morgan fingerprint density at radius 2 is 1.97 bits per heavy atom. The minimum atomic E-state index is -0.686. The van der Waals surface area contributed by atoms with E-state index < -0.39 is 5.63 Å². The molecule has 0 aliphatic rings. The lowest BCUT2D eigenvalue weighted by molar-refractivity contribution is -0.115. The fourth-order valence-corrected chi connectivity index (χ4v) is 3.33. The second-order valence-electron chi connectivity index (χ2n) is 6.38. The molecular formula is C21H15Cl2N3O4. The molecule has 0 radical (unpaired) electrons. The number of methoxy groups -OCH3 is 1. The SMILES string of the molecule is CCC(=O)Nc1nc(-c2ccc(Cl)c(Cl)c2)nc2c1c(=O)oc1c(OC)cccc12. The van der Waals surface area contributed by atoms with Crippen molar-refractivity contribution in [2.45, 2.75) is 13.3 Å². The molecule has 2 aromatic carbocycles. The Balaban J connectivity index is 2.11. The molecule has 0 atom stereocenters. The molecule has 0 saturated carbocycles. The maximum Gasteiger partial charge on any atom is 0.349 e. The van der Waals surface area contributed by atoms with Gasteiger partial charge in [-0.3, -0.25) is 4.79 Å². The van der Waals surface area contributed by atoms with Gasteiger partial charge in [0.25, 0.3) is 0 Å². The van der Waals surface area contributed by atoms with Crippen LogP contribution in [0.25, 0.3) is 33.3 Å². The summed E-state index contributed by atoms with van der Waals surface area (Å²) in [6, 6.07) is 10.1. The number of rotatable bonds is 4. The molecule has 152 valence electrons. The van der Waals surface area contributed by atoms with Gasteiger partial charge in [-0.15, -0.1) is 0 Å². The van der Waals surface area contributed by atoms with Gasteiger partial charge in [0.1, 0.15) is 5.39 Å². The summed E-state index contributed by atoms with van der Waals surface area (Å²) >= 11 is 12.2. The van der Waals surface area contributed by atoms with Crippen molar-refractivity contribution in [3.8, 4) is 17.1 Å². The quantitative estimate of drug-likeness (QED) is 0.349. The normalized spacial score (nSPS) is 11.1. The molecule has 4 rings (SSSR count). The highest BCUT2D eigenvalue weighted by Gasteiger charge is 2.20. The number of benzene rings is 2. The monoisotopic (exact) mass is 443 g/mol. The Bertz CT molecular complexity index is 1370. The topological polar surface area (TPSA) is 94.3 Å². The van der Waals surface area contributed by atoms with E-state index in [4.69, 9.17) is 32.4 Å². The third-order valence-electron chi connectivity index (χ3n) is 4.52. The number of hydrogen-bond acceptors (Lipinski definition) is 6. The largest absolute Gasteiger partial charge is 0.493 e. The smallest absolute Gasteiger partial charge is 0.349 e. The predicted octanol–water partition coefficient (Wildman–Crippen LogP) is 5.07. The number of fused-ring (bicyclic) bond motifs is 3. The number of carbonyl (C=O) groups excluding carboxylic acids is 1. The zero-order chi connectivity index (χ0) is 21.4. The molecule has 0 aliphatic heterocycles. The number of ether oxygens (including phenoxy) is 1. The number of anilines is 1. The van der Waals surface area contributed by atoms with Crippen LogP contribution < -0.4 is 15.7 Å². The van der Waals surface area contributed by atoms with E-state index >= 15 is 0 Å². The molecule has 0 fully saturated rings. The summed E-state index contributed by atoms with van der Waals surface area (Å²) in [5, 5.41) is 3.99. The Labute approximate surface area is 180 Å². The number of aromatic nitrogens is 2. The number of amides is 1. The van der Waals surface area contributed by atoms with Crippen molar-refractivity contribution in [2.24, 2.45) is 0 Å². The summed E-state index contributed by atoms with van der Waals surface area (Å²) in [4.78, 5) is 33.9. The summed E-state index contributed by atoms with van der Waals surface area (Å²) < 4.78 is 10.8. The average Bonchev–Trinajstić information content (AvgIpc) is 2.74. The average molecular weight is 444 g/mol. The van der Waals surface area contributed by atoms with E-state index in [2.05, 4.69) is 15.3 Å². The highest BCUT2D eigenvalue weighted by Crippen LogP contribution is 2.33. The van der Waals surface area contributed by atoms with Crippen LogP contribution in [0.5, 0.6) is 5.75 Å². The Kier molecular flexibility index (Phi) is 5.32. The molecule has 7 nitrogen and oxygen atoms in total. The minimum absolute atomic E-state index is 0.0615. The number of nitrogens with one attached hydrogen (secondary N) is 1. The molecule has 0 saturated heterocycles. The van der Waals surface area contributed by atoms with E-state index in [1.54, 1.807) is 43.3 Å². The van der Waals surface area contributed by atoms with Gasteiger partial charge < -0.3 is 14.5 Å². The van der Waals surface area contributed by atoms with Crippen LogP contribution in [0.3, 0.4) is 0 Å². The first kappa shape index (κ1) is 20.1.